The molecular formula is C15H17BrN2S2. The van der Waals surface area contributed by atoms with Crippen LogP contribution < -0.4 is 10.6 Å². The topological polar surface area (TPSA) is 29.3 Å². The predicted molar refractivity (Wildman–Crippen MR) is 95.7 cm³/mol. The molecule has 106 valence electrons. The number of benzene rings is 1. The van der Waals surface area contributed by atoms with E-state index in [0.717, 1.165) is 22.3 Å². The van der Waals surface area contributed by atoms with Crippen LogP contribution in [0.1, 0.15) is 24.3 Å². The number of rotatable bonds is 5. The van der Waals surface area contributed by atoms with Crippen LogP contribution in [0.5, 0.6) is 0 Å². The van der Waals surface area contributed by atoms with Crippen LogP contribution in [0.3, 0.4) is 0 Å². The molecule has 1 heterocycles. The van der Waals surface area contributed by atoms with Crippen LogP contribution in [0, 0.1) is 0 Å². The van der Waals surface area contributed by atoms with Gasteiger partial charge in [0.15, 0.2) is 0 Å². The molecule has 0 radical (unpaired) electrons. The number of nitrogens with two attached hydrogens (primary N) is 1. The molecule has 0 saturated carbocycles. The molecule has 0 aliphatic rings. The maximum absolute atomic E-state index is 5.68. The van der Waals surface area contributed by atoms with E-state index in [1.807, 2.05) is 12.1 Å². The molecule has 1 aromatic heterocycles. The number of halogens is 1. The second-order valence-electron chi connectivity index (χ2n) is 4.83. The van der Waals surface area contributed by atoms with Gasteiger partial charge in [-0.1, -0.05) is 18.3 Å². The zero-order valence-electron chi connectivity index (χ0n) is 11.5. The summed E-state index contributed by atoms with van der Waals surface area (Å²) in [5.74, 6) is 0. The third-order valence-electron chi connectivity index (χ3n) is 3.07. The van der Waals surface area contributed by atoms with Gasteiger partial charge in [-0.3, -0.25) is 0 Å². The van der Waals surface area contributed by atoms with Crippen molar-refractivity contribution in [2.75, 3.05) is 4.90 Å². The van der Waals surface area contributed by atoms with Crippen molar-refractivity contribution >= 4 is 50.2 Å². The summed E-state index contributed by atoms with van der Waals surface area (Å²) < 4.78 is 1.02. The molecule has 0 aliphatic heterocycles. The summed E-state index contributed by atoms with van der Waals surface area (Å²) in [4.78, 5) is 4.13. The van der Waals surface area contributed by atoms with Gasteiger partial charge >= 0.3 is 0 Å². The standard InChI is InChI=1S/C15H17BrN2S2/c1-10(2)18(9-12-4-3-7-20-12)14-6-5-11(15(17)19)8-13(14)16/h3-8,10H,9H2,1-2H3,(H2,17,19). The largest absolute Gasteiger partial charge is 0.389 e. The number of nitrogens with zero attached hydrogens (tertiary/aromatic N) is 1. The van der Waals surface area contributed by atoms with E-state index in [0.29, 0.717) is 11.0 Å². The summed E-state index contributed by atoms with van der Waals surface area (Å²) in [6.07, 6.45) is 0. The molecule has 1 aromatic carbocycles. The Morgan fingerprint density at radius 2 is 2.15 bits per heavy atom. The van der Waals surface area contributed by atoms with Crippen LogP contribution in [0.4, 0.5) is 5.69 Å². The first-order chi connectivity index (χ1) is 9.49. The third-order valence-corrected chi connectivity index (χ3v) is 4.80. The van der Waals surface area contributed by atoms with Crippen LogP contribution in [0.15, 0.2) is 40.2 Å². The highest BCUT2D eigenvalue weighted by Crippen LogP contribution is 2.30. The fraction of sp³-hybridized carbons (Fsp3) is 0.267. The minimum absolute atomic E-state index is 0.407. The molecule has 2 N–H and O–H groups in total. The fourth-order valence-corrected chi connectivity index (χ4v) is 3.45. The number of thiocarbonyl (C=S) groups is 1. The first kappa shape index (κ1) is 15.5. The van der Waals surface area contributed by atoms with Crippen molar-refractivity contribution in [2.45, 2.75) is 26.4 Å². The van der Waals surface area contributed by atoms with E-state index in [1.165, 1.54) is 4.88 Å². The molecule has 0 amide bonds. The van der Waals surface area contributed by atoms with Crippen LogP contribution in [0.25, 0.3) is 0 Å². The van der Waals surface area contributed by atoms with E-state index in [9.17, 15) is 0 Å². The van der Waals surface area contributed by atoms with Crippen LogP contribution >= 0.6 is 39.5 Å². The second-order valence-corrected chi connectivity index (χ2v) is 7.16. The van der Waals surface area contributed by atoms with E-state index in [1.54, 1.807) is 11.3 Å². The summed E-state index contributed by atoms with van der Waals surface area (Å²) in [6, 6.07) is 10.7. The maximum Gasteiger partial charge on any atom is 0.104 e. The van der Waals surface area contributed by atoms with Gasteiger partial charge in [0, 0.05) is 21.0 Å². The van der Waals surface area contributed by atoms with E-state index < -0.39 is 0 Å². The molecule has 5 heteroatoms. The molecule has 2 nitrogen and oxygen atoms in total. The first-order valence-electron chi connectivity index (χ1n) is 6.37. The van der Waals surface area contributed by atoms with Crippen LogP contribution in [-0.2, 0) is 6.54 Å². The van der Waals surface area contributed by atoms with Crippen molar-refractivity contribution in [2.24, 2.45) is 5.73 Å². The molecule has 0 spiro atoms. The van der Waals surface area contributed by atoms with Crippen LogP contribution in [0.2, 0.25) is 0 Å². The van der Waals surface area contributed by atoms with Gasteiger partial charge in [0.25, 0.3) is 0 Å². The van der Waals surface area contributed by atoms with Gasteiger partial charge in [-0.05, 0) is 59.4 Å². The molecule has 0 saturated heterocycles. The zero-order chi connectivity index (χ0) is 14.7. The Kier molecular flexibility index (Phi) is 5.18. The molecule has 0 fully saturated rings. The molecule has 0 atom stereocenters. The highest BCUT2D eigenvalue weighted by atomic mass is 79.9. The van der Waals surface area contributed by atoms with E-state index in [4.69, 9.17) is 18.0 Å². The fourth-order valence-electron chi connectivity index (χ4n) is 2.01. The molecular weight excluding hydrogens is 352 g/mol. The minimum atomic E-state index is 0.407. The number of hydrogen-bond acceptors (Lipinski definition) is 3. The Bertz CT molecular complexity index is 594. The average Bonchev–Trinajstić information content (AvgIpc) is 2.89. The minimum Gasteiger partial charge on any atom is -0.389 e. The lowest BCUT2D eigenvalue weighted by atomic mass is 10.1. The monoisotopic (exact) mass is 368 g/mol. The van der Waals surface area contributed by atoms with Crippen molar-refractivity contribution in [1.29, 1.82) is 0 Å². The van der Waals surface area contributed by atoms with E-state index in [-0.39, 0.29) is 0 Å². The Morgan fingerprint density at radius 1 is 1.40 bits per heavy atom. The van der Waals surface area contributed by atoms with Crippen molar-refractivity contribution < 1.29 is 0 Å². The average molecular weight is 369 g/mol. The summed E-state index contributed by atoms with van der Waals surface area (Å²) in [5, 5.41) is 2.11. The quantitative estimate of drug-likeness (QED) is 0.784. The molecule has 2 aromatic rings. The van der Waals surface area contributed by atoms with Crippen molar-refractivity contribution in [3.8, 4) is 0 Å². The predicted octanol–water partition coefficient (Wildman–Crippen LogP) is 4.56. The maximum atomic E-state index is 5.68. The number of thiophene rings is 1. The summed E-state index contributed by atoms with van der Waals surface area (Å²) in [7, 11) is 0. The lowest BCUT2D eigenvalue weighted by Gasteiger charge is -2.29. The van der Waals surface area contributed by atoms with Gasteiger partial charge < -0.3 is 10.6 Å². The van der Waals surface area contributed by atoms with Gasteiger partial charge in [0.05, 0.1) is 12.2 Å². The SMILES string of the molecule is CC(C)N(Cc1cccs1)c1ccc(C(N)=S)cc1Br. The summed E-state index contributed by atoms with van der Waals surface area (Å²) in [6.45, 7) is 5.30. The van der Waals surface area contributed by atoms with E-state index >= 15 is 0 Å². The highest BCUT2D eigenvalue weighted by molar-refractivity contribution is 9.10. The lowest BCUT2D eigenvalue weighted by Crippen LogP contribution is -2.30. The lowest BCUT2D eigenvalue weighted by molar-refractivity contribution is 0.686. The van der Waals surface area contributed by atoms with Crippen molar-refractivity contribution in [1.82, 2.24) is 0 Å². The van der Waals surface area contributed by atoms with Gasteiger partial charge in [-0.2, -0.15) is 0 Å². The second kappa shape index (κ2) is 6.70. The molecule has 0 unspecified atom stereocenters. The summed E-state index contributed by atoms with van der Waals surface area (Å²) >= 11 is 10.4. The van der Waals surface area contributed by atoms with Crippen LogP contribution in [-0.4, -0.2) is 11.0 Å². The first-order valence-corrected chi connectivity index (χ1v) is 8.45. The molecule has 2 rings (SSSR count). The Hall–Kier alpha value is -0.910. The highest BCUT2D eigenvalue weighted by Gasteiger charge is 2.15. The number of anilines is 1. The normalized spacial score (nSPS) is 10.8. The Labute approximate surface area is 137 Å². The van der Waals surface area contributed by atoms with E-state index in [2.05, 4.69) is 58.3 Å². The van der Waals surface area contributed by atoms with Crippen molar-refractivity contribution in [3.05, 3.63) is 50.6 Å². The van der Waals surface area contributed by atoms with Gasteiger partial charge in [0.2, 0.25) is 0 Å². The smallest absolute Gasteiger partial charge is 0.104 e. The summed E-state index contributed by atoms with van der Waals surface area (Å²) in [5.41, 5.74) is 7.72. The Morgan fingerprint density at radius 3 is 2.65 bits per heavy atom. The third kappa shape index (κ3) is 3.59. The molecule has 20 heavy (non-hydrogen) atoms. The van der Waals surface area contributed by atoms with Gasteiger partial charge in [-0.25, -0.2) is 0 Å². The van der Waals surface area contributed by atoms with Gasteiger partial charge in [-0.15, -0.1) is 11.3 Å². The van der Waals surface area contributed by atoms with Crippen molar-refractivity contribution in [3.63, 3.8) is 0 Å². The Balaban J connectivity index is 2.32. The number of hydrogen-bond donors (Lipinski definition) is 1. The zero-order valence-corrected chi connectivity index (χ0v) is 14.7. The van der Waals surface area contributed by atoms with Gasteiger partial charge in [0.1, 0.15) is 4.99 Å². The molecule has 0 aliphatic carbocycles. The molecule has 0 bridgehead atoms.